The van der Waals surface area contributed by atoms with E-state index in [0.29, 0.717) is 12.5 Å². The third-order valence-corrected chi connectivity index (χ3v) is 4.94. The van der Waals surface area contributed by atoms with Crippen LogP contribution in [0.1, 0.15) is 6.42 Å². The van der Waals surface area contributed by atoms with Gasteiger partial charge >= 0.3 is 0 Å². The Hall–Kier alpha value is -1.20. The summed E-state index contributed by atoms with van der Waals surface area (Å²) in [7, 11) is 3.96. The minimum Gasteiger partial charge on any atom is -0.373 e. The zero-order chi connectivity index (χ0) is 15.1. The maximum absolute atomic E-state index is 12.2. The molecular weight excluding hydrogens is 282 g/mol. The number of amides is 1. The van der Waals surface area contributed by atoms with E-state index >= 15 is 0 Å². The molecule has 2 rings (SSSR count). The van der Waals surface area contributed by atoms with Gasteiger partial charge in [0, 0.05) is 63.4 Å². The van der Waals surface area contributed by atoms with Crippen molar-refractivity contribution in [1.29, 1.82) is 0 Å². The number of thioether (sulfide) groups is 1. The number of para-hydroxylation sites is 1. The highest BCUT2D eigenvalue weighted by Crippen LogP contribution is 2.12. The van der Waals surface area contributed by atoms with Crippen LogP contribution in [-0.4, -0.2) is 62.1 Å². The molecule has 0 spiro atoms. The highest BCUT2D eigenvalue weighted by Gasteiger charge is 2.19. The summed E-state index contributed by atoms with van der Waals surface area (Å²) in [6, 6.07) is 10.6. The number of carbonyl (C=O) groups excluding carboxylic acids is 1. The molecule has 0 bridgehead atoms. The molecule has 1 saturated heterocycles. The number of carbonyl (C=O) groups is 1. The van der Waals surface area contributed by atoms with Crippen LogP contribution in [0.15, 0.2) is 30.3 Å². The van der Waals surface area contributed by atoms with Crippen LogP contribution in [0.4, 0.5) is 5.69 Å². The average Bonchev–Trinajstić information content (AvgIpc) is 2.54. The summed E-state index contributed by atoms with van der Waals surface area (Å²) in [6.45, 7) is 2.62. The molecule has 0 aromatic heterocycles. The molecule has 1 aliphatic heterocycles. The fourth-order valence-corrected chi connectivity index (χ4v) is 3.30. The normalized spacial score (nSPS) is 18.3. The second-order valence-electron chi connectivity index (χ2n) is 5.50. The molecule has 1 unspecified atom stereocenters. The van der Waals surface area contributed by atoms with E-state index < -0.39 is 0 Å². The number of benzene rings is 1. The predicted octanol–water partition coefficient (Wildman–Crippen LogP) is 1.68. The largest absolute Gasteiger partial charge is 0.373 e. The van der Waals surface area contributed by atoms with Crippen LogP contribution >= 0.6 is 11.8 Å². The van der Waals surface area contributed by atoms with Crippen LogP contribution in [0.2, 0.25) is 0 Å². The lowest BCUT2D eigenvalue weighted by molar-refractivity contribution is -0.130. The summed E-state index contributed by atoms with van der Waals surface area (Å²) >= 11 is 1.93. The summed E-state index contributed by atoms with van der Waals surface area (Å²) < 4.78 is 0. The second kappa shape index (κ2) is 8.29. The van der Waals surface area contributed by atoms with Gasteiger partial charge in [-0.15, -0.1) is 0 Å². The van der Waals surface area contributed by atoms with Gasteiger partial charge in [0.05, 0.1) is 0 Å². The van der Waals surface area contributed by atoms with E-state index in [1.807, 2.05) is 41.9 Å². The molecule has 1 heterocycles. The monoisotopic (exact) mass is 307 g/mol. The van der Waals surface area contributed by atoms with E-state index in [0.717, 1.165) is 31.1 Å². The van der Waals surface area contributed by atoms with Crippen LogP contribution in [0.25, 0.3) is 0 Å². The van der Waals surface area contributed by atoms with Crippen LogP contribution in [0, 0.1) is 0 Å². The van der Waals surface area contributed by atoms with Crippen molar-refractivity contribution in [2.75, 3.05) is 50.1 Å². The molecule has 1 aromatic carbocycles. The fraction of sp³-hybridized carbons (Fsp3) is 0.562. The van der Waals surface area contributed by atoms with Crippen LogP contribution in [0.5, 0.6) is 0 Å². The first kappa shape index (κ1) is 16.2. The Morgan fingerprint density at radius 3 is 2.71 bits per heavy atom. The predicted molar refractivity (Wildman–Crippen MR) is 91.1 cm³/mol. The third kappa shape index (κ3) is 5.25. The van der Waals surface area contributed by atoms with E-state index in [1.165, 1.54) is 5.69 Å². The molecule has 0 saturated carbocycles. The van der Waals surface area contributed by atoms with Crippen molar-refractivity contribution in [3.05, 3.63) is 30.3 Å². The molecule has 0 aliphatic carbocycles. The number of hydrogen-bond donors (Lipinski definition) is 1. The van der Waals surface area contributed by atoms with Crippen molar-refractivity contribution >= 4 is 23.4 Å². The zero-order valence-electron chi connectivity index (χ0n) is 12.9. The van der Waals surface area contributed by atoms with E-state index in [9.17, 15) is 4.79 Å². The Balaban J connectivity index is 1.73. The van der Waals surface area contributed by atoms with Gasteiger partial charge in [-0.1, -0.05) is 18.2 Å². The highest BCUT2D eigenvalue weighted by atomic mass is 32.2. The lowest BCUT2D eigenvalue weighted by Gasteiger charge is -2.27. The van der Waals surface area contributed by atoms with E-state index in [1.54, 1.807) is 0 Å². The van der Waals surface area contributed by atoms with E-state index in [4.69, 9.17) is 0 Å². The highest BCUT2D eigenvalue weighted by molar-refractivity contribution is 7.99. The van der Waals surface area contributed by atoms with Crippen molar-refractivity contribution in [3.63, 3.8) is 0 Å². The van der Waals surface area contributed by atoms with Gasteiger partial charge in [-0.25, -0.2) is 0 Å². The molecule has 1 atom stereocenters. The van der Waals surface area contributed by atoms with E-state index in [-0.39, 0.29) is 5.91 Å². The van der Waals surface area contributed by atoms with Crippen molar-refractivity contribution in [2.45, 2.75) is 12.5 Å². The Labute approximate surface area is 131 Å². The van der Waals surface area contributed by atoms with Crippen molar-refractivity contribution < 1.29 is 4.79 Å². The Morgan fingerprint density at radius 1 is 1.29 bits per heavy atom. The van der Waals surface area contributed by atoms with Gasteiger partial charge in [-0.05, 0) is 12.1 Å². The van der Waals surface area contributed by atoms with Gasteiger partial charge in [-0.2, -0.15) is 11.8 Å². The maximum Gasteiger partial charge on any atom is 0.223 e. The number of likely N-dealkylation sites (N-methyl/N-ethyl adjacent to an activating group) is 2. The SMILES string of the molecule is CN(CCN(C)c1ccccc1)C(=O)CC1CSCCN1. The first-order valence-electron chi connectivity index (χ1n) is 7.48. The quantitative estimate of drug-likeness (QED) is 0.867. The lowest BCUT2D eigenvalue weighted by atomic mass is 10.2. The summed E-state index contributed by atoms with van der Waals surface area (Å²) in [6.07, 6.45) is 0.610. The summed E-state index contributed by atoms with van der Waals surface area (Å²) in [5, 5.41) is 3.42. The number of nitrogens with zero attached hydrogens (tertiary/aromatic N) is 2. The number of hydrogen-bond acceptors (Lipinski definition) is 4. The van der Waals surface area contributed by atoms with Crippen molar-refractivity contribution in [1.82, 2.24) is 10.2 Å². The first-order valence-corrected chi connectivity index (χ1v) is 8.63. The minimum atomic E-state index is 0.233. The summed E-state index contributed by atoms with van der Waals surface area (Å²) in [5.41, 5.74) is 1.18. The molecule has 5 heteroatoms. The molecule has 1 fully saturated rings. The second-order valence-corrected chi connectivity index (χ2v) is 6.65. The summed E-state index contributed by atoms with van der Waals surface area (Å²) in [5.74, 6) is 2.43. The number of nitrogens with one attached hydrogen (secondary N) is 1. The van der Waals surface area contributed by atoms with Gasteiger partial charge < -0.3 is 15.1 Å². The van der Waals surface area contributed by atoms with Crippen LogP contribution in [-0.2, 0) is 4.79 Å². The van der Waals surface area contributed by atoms with Gasteiger partial charge in [0.2, 0.25) is 5.91 Å². The summed E-state index contributed by atoms with van der Waals surface area (Å²) in [4.78, 5) is 16.2. The molecule has 1 N–H and O–H groups in total. The maximum atomic E-state index is 12.2. The van der Waals surface area contributed by atoms with Crippen molar-refractivity contribution in [2.24, 2.45) is 0 Å². The molecule has 21 heavy (non-hydrogen) atoms. The van der Waals surface area contributed by atoms with Gasteiger partial charge in [0.1, 0.15) is 0 Å². The van der Waals surface area contributed by atoms with E-state index in [2.05, 4.69) is 29.4 Å². The molecule has 1 aromatic rings. The Bertz CT molecular complexity index is 434. The standard InChI is InChI=1S/C16H25N3OS/c1-18(15-6-4-3-5-7-15)9-10-19(2)16(20)12-14-13-21-11-8-17-14/h3-7,14,17H,8-13H2,1-2H3. The zero-order valence-corrected chi connectivity index (χ0v) is 13.7. The minimum absolute atomic E-state index is 0.233. The molecule has 0 radical (unpaired) electrons. The van der Waals surface area contributed by atoms with Crippen LogP contribution < -0.4 is 10.2 Å². The molecule has 116 valence electrons. The van der Waals surface area contributed by atoms with Gasteiger partial charge in [-0.3, -0.25) is 4.79 Å². The average molecular weight is 307 g/mol. The van der Waals surface area contributed by atoms with Crippen LogP contribution in [0.3, 0.4) is 0 Å². The number of anilines is 1. The molecular formula is C16H25N3OS. The smallest absolute Gasteiger partial charge is 0.223 e. The van der Waals surface area contributed by atoms with Gasteiger partial charge in [0.25, 0.3) is 0 Å². The molecule has 4 nitrogen and oxygen atoms in total. The lowest BCUT2D eigenvalue weighted by Crippen LogP contribution is -2.43. The Kier molecular flexibility index (Phi) is 6.39. The topological polar surface area (TPSA) is 35.6 Å². The third-order valence-electron chi connectivity index (χ3n) is 3.81. The first-order chi connectivity index (χ1) is 10.2. The number of rotatable bonds is 6. The fourth-order valence-electron chi connectivity index (χ4n) is 2.35. The van der Waals surface area contributed by atoms with Gasteiger partial charge in [0.15, 0.2) is 0 Å². The van der Waals surface area contributed by atoms with Crippen molar-refractivity contribution in [3.8, 4) is 0 Å². The Morgan fingerprint density at radius 2 is 2.05 bits per heavy atom. The molecule has 1 amide bonds. The molecule has 1 aliphatic rings.